The number of nitrogens with zero attached hydrogens (tertiary/aromatic N) is 1. The molecular formula is C20H20N2O2. The maximum absolute atomic E-state index is 12.6. The van der Waals surface area contributed by atoms with E-state index in [1.54, 1.807) is 16.8 Å². The SMILES string of the molecule is O=c1c(CNCc2ccccc2)c(O)ccn1Cc1ccccc1. The van der Waals surface area contributed by atoms with E-state index in [9.17, 15) is 9.90 Å². The molecule has 0 aliphatic carbocycles. The van der Waals surface area contributed by atoms with E-state index in [1.165, 1.54) is 0 Å². The molecule has 0 radical (unpaired) electrons. The van der Waals surface area contributed by atoms with Gasteiger partial charge in [-0.2, -0.15) is 0 Å². The summed E-state index contributed by atoms with van der Waals surface area (Å²) in [5.74, 6) is 0.0323. The average molecular weight is 320 g/mol. The second kappa shape index (κ2) is 7.62. The van der Waals surface area contributed by atoms with Crippen LogP contribution in [0.15, 0.2) is 77.7 Å². The molecule has 1 heterocycles. The molecule has 0 amide bonds. The maximum atomic E-state index is 12.6. The number of hydrogen-bond donors (Lipinski definition) is 2. The number of aromatic hydroxyl groups is 1. The predicted octanol–water partition coefficient (Wildman–Crippen LogP) is 2.89. The van der Waals surface area contributed by atoms with E-state index in [1.807, 2.05) is 60.7 Å². The summed E-state index contributed by atoms with van der Waals surface area (Å²) in [6.45, 7) is 1.47. The number of rotatable bonds is 6. The fraction of sp³-hybridized carbons (Fsp3) is 0.150. The first-order valence-electron chi connectivity index (χ1n) is 7.94. The van der Waals surface area contributed by atoms with E-state index in [0.29, 0.717) is 25.2 Å². The van der Waals surface area contributed by atoms with Gasteiger partial charge in [0.1, 0.15) is 5.75 Å². The summed E-state index contributed by atoms with van der Waals surface area (Å²) >= 11 is 0. The molecular weight excluding hydrogens is 300 g/mol. The van der Waals surface area contributed by atoms with E-state index in [4.69, 9.17) is 0 Å². The van der Waals surface area contributed by atoms with Crippen LogP contribution in [0.4, 0.5) is 0 Å². The molecule has 0 atom stereocenters. The standard InChI is InChI=1S/C20H20N2O2/c23-19-11-12-22(15-17-9-5-2-6-10-17)20(24)18(19)14-21-13-16-7-3-1-4-8-16/h1-12,21,23H,13-15H2. The highest BCUT2D eigenvalue weighted by Crippen LogP contribution is 2.12. The van der Waals surface area contributed by atoms with Gasteiger partial charge in [0.2, 0.25) is 0 Å². The summed E-state index contributed by atoms with van der Waals surface area (Å²) in [6, 6.07) is 21.3. The van der Waals surface area contributed by atoms with E-state index in [2.05, 4.69) is 5.32 Å². The number of aromatic nitrogens is 1. The van der Waals surface area contributed by atoms with Gasteiger partial charge in [-0.25, -0.2) is 0 Å². The van der Waals surface area contributed by atoms with Crippen molar-refractivity contribution in [1.82, 2.24) is 9.88 Å². The summed E-state index contributed by atoms with van der Waals surface area (Å²) in [7, 11) is 0. The first kappa shape index (κ1) is 16.0. The quantitative estimate of drug-likeness (QED) is 0.734. The van der Waals surface area contributed by atoms with Crippen molar-refractivity contribution in [3.05, 3.63) is 100.0 Å². The van der Waals surface area contributed by atoms with Gasteiger partial charge in [0.05, 0.1) is 12.1 Å². The van der Waals surface area contributed by atoms with Gasteiger partial charge in [-0.3, -0.25) is 4.79 Å². The van der Waals surface area contributed by atoms with Crippen molar-refractivity contribution in [3.8, 4) is 5.75 Å². The second-order valence-electron chi connectivity index (χ2n) is 5.69. The third-order valence-corrected chi connectivity index (χ3v) is 3.91. The maximum Gasteiger partial charge on any atom is 0.259 e. The molecule has 2 N–H and O–H groups in total. The van der Waals surface area contributed by atoms with Gasteiger partial charge in [0.25, 0.3) is 5.56 Å². The average Bonchev–Trinajstić information content (AvgIpc) is 2.62. The van der Waals surface area contributed by atoms with E-state index in [0.717, 1.165) is 11.1 Å². The lowest BCUT2D eigenvalue weighted by molar-refractivity contribution is 0.458. The van der Waals surface area contributed by atoms with Crippen LogP contribution < -0.4 is 10.9 Å². The van der Waals surface area contributed by atoms with Crippen LogP contribution in [0.2, 0.25) is 0 Å². The normalized spacial score (nSPS) is 10.7. The van der Waals surface area contributed by atoms with Crippen molar-refractivity contribution in [2.24, 2.45) is 0 Å². The largest absolute Gasteiger partial charge is 0.507 e. The molecule has 3 rings (SSSR count). The molecule has 0 fully saturated rings. The molecule has 2 aromatic carbocycles. The van der Waals surface area contributed by atoms with Crippen molar-refractivity contribution in [3.63, 3.8) is 0 Å². The summed E-state index contributed by atoms with van der Waals surface area (Å²) in [6.07, 6.45) is 1.63. The Labute approximate surface area is 141 Å². The molecule has 24 heavy (non-hydrogen) atoms. The summed E-state index contributed by atoms with van der Waals surface area (Å²) < 4.78 is 1.62. The summed E-state index contributed by atoms with van der Waals surface area (Å²) in [5, 5.41) is 13.2. The minimum Gasteiger partial charge on any atom is -0.507 e. The molecule has 0 aliphatic heterocycles. The fourth-order valence-corrected chi connectivity index (χ4v) is 2.61. The topological polar surface area (TPSA) is 54.3 Å². The van der Waals surface area contributed by atoms with Crippen LogP contribution in [0.25, 0.3) is 0 Å². The Kier molecular flexibility index (Phi) is 5.08. The number of nitrogens with one attached hydrogen (secondary N) is 1. The zero-order valence-electron chi connectivity index (χ0n) is 13.4. The Morgan fingerprint density at radius 1 is 0.833 bits per heavy atom. The number of benzene rings is 2. The lowest BCUT2D eigenvalue weighted by Gasteiger charge is -2.11. The van der Waals surface area contributed by atoms with Crippen molar-refractivity contribution >= 4 is 0 Å². The van der Waals surface area contributed by atoms with Gasteiger partial charge in [0, 0.05) is 19.3 Å². The van der Waals surface area contributed by atoms with Crippen molar-refractivity contribution in [1.29, 1.82) is 0 Å². The molecule has 0 bridgehead atoms. The Hall–Kier alpha value is -2.85. The van der Waals surface area contributed by atoms with E-state index < -0.39 is 0 Å². The third kappa shape index (κ3) is 3.91. The smallest absolute Gasteiger partial charge is 0.259 e. The first-order chi connectivity index (χ1) is 11.7. The van der Waals surface area contributed by atoms with Crippen LogP contribution in [-0.2, 0) is 19.6 Å². The van der Waals surface area contributed by atoms with Gasteiger partial charge < -0.3 is 15.0 Å². The second-order valence-corrected chi connectivity index (χ2v) is 5.69. The van der Waals surface area contributed by atoms with E-state index >= 15 is 0 Å². The van der Waals surface area contributed by atoms with Gasteiger partial charge >= 0.3 is 0 Å². The molecule has 0 unspecified atom stereocenters. The van der Waals surface area contributed by atoms with Crippen molar-refractivity contribution < 1.29 is 5.11 Å². The van der Waals surface area contributed by atoms with Crippen molar-refractivity contribution in [2.75, 3.05) is 0 Å². The van der Waals surface area contributed by atoms with Crippen LogP contribution >= 0.6 is 0 Å². The highest BCUT2D eigenvalue weighted by Gasteiger charge is 2.09. The molecule has 4 nitrogen and oxygen atoms in total. The molecule has 4 heteroatoms. The molecule has 1 aromatic heterocycles. The minimum absolute atomic E-state index is 0.0323. The first-order valence-corrected chi connectivity index (χ1v) is 7.94. The highest BCUT2D eigenvalue weighted by molar-refractivity contribution is 5.30. The number of hydrogen-bond acceptors (Lipinski definition) is 3. The minimum atomic E-state index is -0.167. The van der Waals surface area contributed by atoms with Crippen LogP contribution in [0.3, 0.4) is 0 Å². The Bertz CT molecular complexity index is 843. The molecule has 0 saturated heterocycles. The third-order valence-electron chi connectivity index (χ3n) is 3.91. The zero-order valence-corrected chi connectivity index (χ0v) is 13.4. The predicted molar refractivity (Wildman–Crippen MR) is 94.9 cm³/mol. The van der Waals surface area contributed by atoms with Crippen LogP contribution in [0.1, 0.15) is 16.7 Å². The monoisotopic (exact) mass is 320 g/mol. The highest BCUT2D eigenvalue weighted by atomic mass is 16.3. The lowest BCUT2D eigenvalue weighted by Crippen LogP contribution is -2.27. The Balaban J connectivity index is 1.73. The molecule has 0 saturated carbocycles. The lowest BCUT2D eigenvalue weighted by atomic mass is 10.2. The summed E-state index contributed by atoms with van der Waals surface area (Å²) in [5.41, 5.74) is 2.41. The Morgan fingerprint density at radius 2 is 1.46 bits per heavy atom. The zero-order chi connectivity index (χ0) is 16.8. The molecule has 0 spiro atoms. The van der Waals surface area contributed by atoms with Gasteiger partial charge in [-0.1, -0.05) is 60.7 Å². The number of pyridine rings is 1. The molecule has 122 valence electrons. The summed E-state index contributed by atoms with van der Waals surface area (Å²) in [4.78, 5) is 12.6. The van der Waals surface area contributed by atoms with E-state index in [-0.39, 0.29) is 11.3 Å². The molecule has 0 aliphatic rings. The van der Waals surface area contributed by atoms with Crippen LogP contribution in [0, 0.1) is 0 Å². The van der Waals surface area contributed by atoms with Gasteiger partial charge in [-0.05, 0) is 17.2 Å². The fourth-order valence-electron chi connectivity index (χ4n) is 2.61. The Morgan fingerprint density at radius 3 is 2.12 bits per heavy atom. The van der Waals surface area contributed by atoms with Gasteiger partial charge in [-0.15, -0.1) is 0 Å². The van der Waals surface area contributed by atoms with Gasteiger partial charge in [0.15, 0.2) is 0 Å². The van der Waals surface area contributed by atoms with Crippen molar-refractivity contribution in [2.45, 2.75) is 19.6 Å². The van der Waals surface area contributed by atoms with Crippen LogP contribution in [0.5, 0.6) is 5.75 Å². The van der Waals surface area contributed by atoms with Crippen LogP contribution in [-0.4, -0.2) is 9.67 Å². The molecule has 3 aromatic rings.